The average Bonchev–Trinajstić information content (AvgIpc) is 3.47. The smallest absolute Gasteiger partial charge is 0.408 e. The molecule has 5 N–H and O–H groups in total. The second-order valence-electron chi connectivity index (χ2n) is 10.9. The number of halogens is 1. The molecule has 0 fully saturated rings. The Kier molecular flexibility index (Phi) is 10.7. The summed E-state index contributed by atoms with van der Waals surface area (Å²) in [6, 6.07) is 10.2. The van der Waals surface area contributed by atoms with E-state index in [0.717, 1.165) is 0 Å². The molecule has 45 heavy (non-hydrogen) atoms. The van der Waals surface area contributed by atoms with Gasteiger partial charge in [0.1, 0.15) is 31.7 Å². The highest BCUT2D eigenvalue weighted by atomic mass is 19.1. The van der Waals surface area contributed by atoms with Gasteiger partial charge in [-0.25, -0.2) is 19.2 Å². The van der Waals surface area contributed by atoms with Gasteiger partial charge in [-0.15, -0.1) is 9.78 Å². The molecule has 1 unspecified atom stereocenters. The number of benzene rings is 2. The normalized spacial score (nSPS) is 12.6. The Hall–Kier alpha value is -5.02. The van der Waals surface area contributed by atoms with Gasteiger partial charge in [0.15, 0.2) is 17.4 Å². The van der Waals surface area contributed by atoms with Crippen LogP contribution in [0.25, 0.3) is 5.95 Å². The summed E-state index contributed by atoms with van der Waals surface area (Å²) in [4.78, 5) is 25.0. The summed E-state index contributed by atoms with van der Waals surface area (Å²) < 4.78 is 38.5. The van der Waals surface area contributed by atoms with Gasteiger partial charge in [-0.3, -0.25) is 0 Å². The number of nitrogens with two attached hydrogens (primary N) is 1. The van der Waals surface area contributed by atoms with E-state index < -0.39 is 24.1 Å². The van der Waals surface area contributed by atoms with E-state index in [0.29, 0.717) is 11.3 Å². The Morgan fingerprint density at radius 1 is 1.18 bits per heavy atom. The number of methoxy groups -OCH3 is 1. The molecule has 0 saturated carbocycles. The third-order valence-electron chi connectivity index (χ3n) is 6.15. The molecule has 0 aliphatic rings. The molecule has 1 amide bonds. The van der Waals surface area contributed by atoms with E-state index in [1.165, 1.54) is 36.3 Å². The molecule has 0 spiro atoms. The highest BCUT2D eigenvalue weighted by Crippen LogP contribution is 2.36. The van der Waals surface area contributed by atoms with Gasteiger partial charge in [-0.05, 0) is 35.2 Å². The van der Waals surface area contributed by atoms with Crippen molar-refractivity contribution in [2.24, 2.45) is 11.1 Å². The summed E-state index contributed by atoms with van der Waals surface area (Å²) in [6.07, 6.45) is 1.55. The van der Waals surface area contributed by atoms with Gasteiger partial charge in [0.25, 0.3) is 5.95 Å². The van der Waals surface area contributed by atoms with E-state index in [2.05, 4.69) is 37.8 Å². The lowest BCUT2D eigenvalue weighted by molar-refractivity contribution is 0.103. The minimum atomic E-state index is -1.04. The molecule has 2 aromatic carbocycles. The summed E-state index contributed by atoms with van der Waals surface area (Å²) >= 11 is 0. The molecule has 0 bridgehead atoms. The fourth-order valence-corrected chi connectivity index (χ4v) is 4.01. The van der Waals surface area contributed by atoms with E-state index >= 15 is 4.39 Å². The highest BCUT2D eigenvalue weighted by Gasteiger charge is 2.28. The molecule has 0 saturated heterocycles. The number of carbonyl (C=O) groups excluding carboxylic acids is 1. The zero-order valence-electron chi connectivity index (χ0n) is 25.4. The second kappa shape index (κ2) is 14.6. The molecule has 4 rings (SSSR count). The molecule has 2 heterocycles. The van der Waals surface area contributed by atoms with E-state index in [1.807, 2.05) is 20.8 Å². The number of hydrogen-bond donors (Lipinski definition) is 4. The predicted octanol–water partition coefficient (Wildman–Crippen LogP) is 3.68. The minimum absolute atomic E-state index is 0.0474. The molecule has 239 valence electrons. The van der Waals surface area contributed by atoms with Crippen molar-refractivity contribution in [3.8, 4) is 23.5 Å². The van der Waals surface area contributed by atoms with E-state index in [1.54, 1.807) is 30.3 Å². The summed E-state index contributed by atoms with van der Waals surface area (Å²) in [5, 5.41) is 19.6. The summed E-state index contributed by atoms with van der Waals surface area (Å²) in [7, 11) is 4.88. The van der Waals surface area contributed by atoms with Gasteiger partial charge in [0, 0.05) is 29.7 Å². The van der Waals surface area contributed by atoms with Crippen LogP contribution in [0.2, 0.25) is 0 Å². The number of carbonyl (C=O) groups is 1. The lowest BCUT2D eigenvalue weighted by Gasteiger charge is -2.21. The molecule has 1 radical (unpaired) electrons. The lowest BCUT2D eigenvalue weighted by Crippen LogP contribution is -2.35. The maximum absolute atomic E-state index is 16.0. The van der Waals surface area contributed by atoms with Crippen molar-refractivity contribution >= 4 is 11.8 Å². The number of aliphatic hydroxyl groups excluding tert-OH is 1. The first kappa shape index (κ1) is 32.9. The van der Waals surface area contributed by atoms with Crippen molar-refractivity contribution < 1.29 is 33.2 Å². The number of aliphatic hydroxyl groups is 1. The number of aromatic nitrogens is 5. The van der Waals surface area contributed by atoms with Crippen LogP contribution in [0.1, 0.15) is 49.9 Å². The topological polar surface area (TPSA) is 181 Å². The SMILES string of the molecule is [CH2]Oc1nc([C@H](Nc2ccc(C(N)NC(=O)OCC(C)(C)C)cc2)c2cc(OC)cc(OCCO)c2F)nn1-c1ncccn1. The Morgan fingerprint density at radius 3 is 2.51 bits per heavy atom. The first-order valence-corrected chi connectivity index (χ1v) is 13.9. The molecule has 14 nitrogen and oxygen atoms in total. The number of nitrogens with zero attached hydrogens (tertiary/aromatic N) is 5. The maximum atomic E-state index is 16.0. The minimum Gasteiger partial charge on any atom is -0.497 e. The summed E-state index contributed by atoms with van der Waals surface area (Å²) in [6.45, 7) is 5.60. The Morgan fingerprint density at radius 2 is 1.89 bits per heavy atom. The monoisotopic (exact) mass is 623 g/mol. The van der Waals surface area contributed by atoms with Crippen LogP contribution in [-0.4, -0.2) is 62.9 Å². The van der Waals surface area contributed by atoms with Crippen LogP contribution in [0.4, 0.5) is 14.9 Å². The molecule has 2 aromatic heterocycles. The van der Waals surface area contributed by atoms with Crippen LogP contribution < -0.4 is 30.6 Å². The first-order chi connectivity index (χ1) is 21.5. The van der Waals surface area contributed by atoms with Crippen molar-refractivity contribution in [2.45, 2.75) is 33.0 Å². The van der Waals surface area contributed by atoms with E-state index in [-0.39, 0.29) is 60.1 Å². The largest absolute Gasteiger partial charge is 0.497 e. The zero-order valence-corrected chi connectivity index (χ0v) is 25.4. The van der Waals surface area contributed by atoms with Gasteiger partial charge in [-0.2, -0.15) is 4.98 Å². The van der Waals surface area contributed by atoms with Crippen LogP contribution in [0.15, 0.2) is 54.9 Å². The second-order valence-corrected chi connectivity index (χ2v) is 10.9. The molecular weight excluding hydrogens is 587 g/mol. The highest BCUT2D eigenvalue weighted by molar-refractivity contribution is 5.68. The molecule has 0 aliphatic heterocycles. The van der Waals surface area contributed by atoms with Gasteiger partial charge < -0.3 is 40.4 Å². The van der Waals surface area contributed by atoms with Crippen LogP contribution in [0, 0.1) is 18.3 Å². The molecule has 2 atom stereocenters. The van der Waals surface area contributed by atoms with Crippen LogP contribution in [0.3, 0.4) is 0 Å². The Bertz CT molecular complexity index is 1560. The third kappa shape index (κ3) is 8.55. The van der Waals surface area contributed by atoms with Crippen molar-refractivity contribution in [1.29, 1.82) is 0 Å². The molecule has 0 aliphatic carbocycles. The van der Waals surface area contributed by atoms with Crippen molar-refractivity contribution in [3.63, 3.8) is 0 Å². The number of nitrogens with one attached hydrogen (secondary N) is 2. The lowest BCUT2D eigenvalue weighted by atomic mass is 9.99. The molecule has 4 aromatic rings. The van der Waals surface area contributed by atoms with Gasteiger partial charge >= 0.3 is 12.1 Å². The third-order valence-corrected chi connectivity index (χ3v) is 6.15. The Labute approximate surface area is 259 Å². The van der Waals surface area contributed by atoms with Gasteiger partial charge in [0.05, 0.1) is 20.3 Å². The number of rotatable bonds is 13. The first-order valence-electron chi connectivity index (χ1n) is 13.9. The predicted molar refractivity (Wildman–Crippen MR) is 161 cm³/mol. The number of hydrogen-bond acceptors (Lipinski definition) is 12. The quantitative estimate of drug-likeness (QED) is 0.159. The van der Waals surface area contributed by atoms with E-state index in [9.17, 15) is 9.90 Å². The Balaban J connectivity index is 1.69. The number of anilines is 1. The number of amides is 1. The van der Waals surface area contributed by atoms with Crippen LogP contribution >= 0.6 is 0 Å². The van der Waals surface area contributed by atoms with Gasteiger partial charge in [0.2, 0.25) is 0 Å². The number of alkyl carbamates (subject to hydrolysis) is 1. The fraction of sp³-hybridized carbons (Fsp3) is 0.333. The van der Waals surface area contributed by atoms with Crippen molar-refractivity contribution in [2.75, 3.05) is 32.2 Å². The van der Waals surface area contributed by atoms with Crippen molar-refractivity contribution in [1.82, 2.24) is 30.0 Å². The van der Waals surface area contributed by atoms with Gasteiger partial charge in [-0.1, -0.05) is 32.9 Å². The maximum Gasteiger partial charge on any atom is 0.408 e. The van der Waals surface area contributed by atoms with Crippen LogP contribution in [-0.2, 0) is 4.74 Å². The van der Waals surface area contributed by atoms with E-state index in [4.69, 9.17) is 24.7 Å². The van der Waals surface area contributed by atoms with Crippen LogP contribution in [0.5, 0.6) is 17.5 Å². The fourth-order valence-electron chi connectivity index (χ4n) is 4.01. The number of ether oxygens (including phenoxy) is 4. The summed E-state index contributed by atoms with van der Waals surface area (Å²) in [5.74, 6) is -0.362. The molecular formula is C30H36FN8O6. The summed E-state index contributed by atoms with van der Waals surface area (Å²) in [5.41, 5.74) is 7.17. The molecule has 15 heteroatoms. The standard InChI is InChI=1S/C30H36FN8O6/c1-30(2,3)17-45-29(41)36-25(32)18-7-9-19(10-8-18)35-24(21-15-20(42-4)16-22(23(21)31)44-14-13-40)26-37-28(43-5)39(38-26)27-33-11-6-12-34-27/h6-12,15-16,24-25,35,40H,5,13-14,17,32H2,1-4H3,(H,36,41)/t24-,25?/m1/s1. The average molecular weight is 624 g/mol. The van der Waals surface area contributed by atoms with Crippen molar-refractivity contribution in [3.05, 3.63) is 84.7 Å². The zero-order chi connectivity index (χ0) is 32.6.